The quantitative estimate of drug-likeness (QED) is 0.773. The number of aromatic nitrogens is 2. The first kappa shape index (κ1) is 12.4. The van der Waals surface area contributed by atoms with E-state index in [-0.39, 0.29) is 6.03 Å². The van der Waals surface area contributed by atoms with Crippen molar-refractivity contribution in [3.63, 3.8) is 0 Å². The molecule has 6 nitrogen and oxygen atoms in total. The van der Waals surface area contributed by atoms with E-state index in [1.807, 2.05) is 23.6 Å². The van der Waals surface area contributed by atoms with Gasteiger partial charge in [0.05, 0.1) is 0 Å². The minimum absolute atomic E-state index is 0.364. The number of anilines is 2. The molecule has 2 amide bonds. The lowest BCUT2D eigenvalue weighted by Gasteiger charge is -2.06. The van der Waals surface area contributed by atoms with Crippen molar-refractivity contribution in [2.24, 2.45) is 0 Å². The van der Waals surface area contributed by atoms with E-state index < -0.39 is 0 Å². The smallest absolute Gasteiger partial charge is 0.325 e. The second-order valence-electron chi connectivity index (χ2n) is 3.86. The van der Waals surface area contributed by atoms with E-state index >= 15 is 0 Å². The monoisotopic (exact) mass is 286 g/mol. The van der Waals surface area contributed by atoms with Gasteiger partial charge in [-0.25, -0.2) is 4.79 Å². The lowest BCUT2D eigenvalue weighted by Crippen LogP contribution is -2.19. The molecule has 0 saturated heterocycles. The Labute approximate surface area is 118 Å². The van der Waals surface area contributed by atoms with Crippen LogP contribution in [-0.4, -0.2) is 16.2 Å². The number of nitrogens with zero attached hydrogens (tertiary/aromatic N) is 2. The van der Waals surface area contributed by atoms with E-state index in [1.54, 1.807) is 18.5 Å². The zero-order chi connectivity index (χ0) is 13.8. The molecule has 20 heavy (non-hydrogen) atoms. The van der Waals surface area contributed by atoms with Gasteiger partial charge in [0.1, 0.15) is 11.3 Å². The van der Waals surface area contributed by atoms with Crippen LogP contribution in [-0.2, 0) is 0 Å². The molecule has 0 spiro atoms. The summed E-state index contributed by atoms with van der Waals surface area (Å²) in [6.07, 6.45) is 4.82. The number of nitrogens with one attached hydrogen (secondary N) is 2. The highest BCUT2D eigenvalue weighted by Gasteiger charge is 2.10. The molecule has 0 aliphatic heterocycles. The predicted molar refractivity (Wildman–Crippen MR) is 76.7 cm³/mol. The number of carbonyl (C=O) groups excluding carboxylic acids is 1. The summed E-state index contributed by atoms with van der Waals surface area (Å²) in [4.78, 5) is 15.8. The predicted octanol–water partition coefficient (Wildman–Crippen LogP) is 3.44. The maximum absolute atomic E-state index is 11.9. The van der Waals surface area contributed by atoms with Crippen LogP contribution in [0.2, 0.25) is 0 Å². The number of amides is 2. The maximum Gasteiger partial charge on any atom is 0.325 e. The zero-order valence-corrected chi connectivity index (χ0v) is 11.1. The molecule has 3 rings (SSSR count). The Morgan fingerprint density at radius 3 is 2.75 bits per heavy atom. The molecule has 3 aromatic rings. The van der Waals surface area contributed by atoms with Crippen LogP contribution in [0.3, 0.4) is 0 Å². The van der Waals surface area contributed by atoms with E-state index in [4.69, 9.17) is 0 Å². The van der Waals surface area contributed by atoms with Gasteiger partial charge in [0.25, 0.3) is 0 Å². The summed E-state index contributed by atoms with van der Waals surface area (Å²) in [5.41, 5.74) is 1.95. The molecule has 3 aromatic heterocycles. The summed E-state index contributed by atoms with van der Waals surface area (Å²) >= 11 is 1.45. The highest BCUT2D eigenvalue weighted by molar-refractivity contribution is 7.15. The van der Waals surface area contributed by atoms with E-state index in [0.717, 1.165) is 16.1 Å². The third-order valence-corrected chi connectivity index (χ3v) is 3.39. The molecule has 0 atom stereocenters. The van der Waals surface area contributed by atoms with Gasteiger partial charge in [-0.2, -0.15) is 0 Å². The summed E-state index contributed by atoms with van der Waals surface area (Å²) in [5, 5.41) is 11.7. The number of pyridine rings is 1. The van der Waals surface area contributed by atoms with Gasteiger partial charge in [-0.15, -0.1) is 11.3 Å². The molecule has 7 heteroatoms. The minimum atomic E-state index is -0.364. The lowest BCUT2D eigenvalue weighted by molar-refractivity contribution is 0.262. The molecule has 0 saturated carbocycles. The Morgan fingerprint density at radius 2 is 2.00 bits per heavy atom. The van der Waals surface area contributed by atoms with Gasteiger partial charge in [0.2, 0.25) is 0 Å². The molecule has 2 N–H and O–H groups in total. The number of hydrogen-bond donors (Lipinski definition) is 2. The molecule has 100 valence electrons. The first-order valence-corrected chi connectivity index (χ1v) is 6.67. The summed E-state index contributed by atoms with van der Waals surface area (Å²) in [7, 11) is 0. The molecular formula is C13H10N4O2S. The lowest BCUT2D eigenvalue weighted by atomic mass is 10.1. The van der Waals surface area contributed by atoms with Crippen molar-refractivity contribution < 1.29 is 9.32 Å². The van der Waals surface area contributed by atoms with Crippen LogP contribution < -0.4 is 10.6 Å². The molecule has 0 aromatic carbocycles. The average molecular weight is 286 g/mol. The minimum Gasteiger partial charge on any atom is -0.363 e. The second-order valence-corrected chi connectivity index (χ2v) is 4.78. The van der Waals surface area contributed by atoms with Gasteiger partial charge in [0, 0.05) is 24.0 Å². The van der Waals surface area contributed by atoms with E-state index in [1.165, 1.54) is 17.6 Å². The Hall–Kier alpha value is -2.67. The third kappa shape index (κ3) is 2.67. The Morgan fingerprint density at radius 1 is 1.15 bits per heavy atom. The molecule has 0 unspecified atom stereocenters. The third-order valence-electron chi connectivity index (χ3n) is 2.56. The number of rotatable bonds is 3. The second kappa shape index (κ2) is 5.54. The topological polar surface area (TPSA) is 80.0 Å². The van der Waals surface area contributed by atoms with Gasteiger partial charge < -0.3 is 4.52 Å². The molecular weight excluding hydrogens is 276 g/mol. The highest BCUT2D eigenvalue weighted by Crippen LogP contribution is 2.32. The van der Waals surface area contributed by atoms with Gasteiger partial charge in [-0.05, 0) is 29.1 Å². The van der Waals surface area contributed by atoms with Crippen molar-refractivity contribution in [2.45, 2.75) is 0 Å². The summed E-state index contributed by atoms with van der Waals surface area (Å²) in [6.45, 7) is 0. The van der Waals surface area contributed by atoms with Crippen LogP contribution in [0.4, 0.5) is 15.6 Å². The fourth-order valence-electron chi connectivity index (χ4n) is 1.69. The number of thiophene rings is 1. The highest BCUT2D eigenvalue weighted by atomic mass is 32.1. The van der Waals surface area contributed by atoms with Crippen LogP contribution in [0.25, 0.3) is 11.1 Å². The number of hydrogen-bond acceptors (Lipinski definition) is 5. The van der Waals surface area contributed by atoms with Crippen molar-refractivity contribution in [1.29, 1.82) is 0 Å². The van der Waals surface area contributed by atoms with Gasteiger partial charge >= 0.3 is 6.03 Å². The van der Waals surface area contributed by atoms with E-state index in [0.29, 0.717) is 5.82 Å². The average Bonchev–Trinajstić information content (AvgIpc) is 3.11. The van der Waals surface area contributed by atoms with Crippen LogP contribution in [0.15, 0.2) is 52.8 Å². The van der Waals surface area contributed by atoms with Crippen LogP contribution in [0, 0.1) is 0 Å². The SMILES string of the molecule is O=C(Nc1ccon1)Nc1sccc1-c1ccncc1. The Bertz CT molecular complexity index is 694. The van der Waals surface area contributed by atoms with Gasteiger partial charge in [0.15, 0.2) is 5.82 Å². The van der Waals surface area contributed by atoms with Crippen LogP contribution >= 0.6 is 11.3 Å². The van der Waals surface area contributed by atoms with Crippen molar-refractivity contribution in [1.82, 2.24) is 10.1 Å². The first-order valence-electron chi connectivity index (χ1n) is 5.79. The van der Waals surface area contributed by atoms with Crippen molar-refractivity contribution in [3.8, 4) is 11.1 Å². The van der Waals surface area contributed by atoms with Crippen molar-refractivity contribution in [3.05, 3.63) is 48.3 Å². The normalized spacial score (nSPS) is 10.2. The largest absolute Gasteiger partial charge is 0.363 e. The summed E-state index contributed by atoms with van der Waals surface area (Å²) in [6, 6.07) is 6.94. The summed E-state index contributed by atoms with van der Waals surface area (Å²) < 4.78 is 4.65. The number of urea groups is 1. The van der Waals surface area contributed by atoms with Crippen molar-refractivity contribution in [2.75, 3.05) is 10.6 Å². The molecule has 3 heterocycles. The van der Waals surface area contributed by atoms with Crippen LogP contribution in [0.5, 0.6) is 0 Å². The first-order chi connectivity index (χ1) is 9.83. The Balaban J connectivity index is 1.75. The zero-order valence-electron chi connectivity index (χ0n) is 10.2. The van der Waals surface area contributed by atoms with Gasteiger partial charge in [-0.1, -0.05) is 5.16 Å². The van der Waals surface area contributed by atoms with E-state index in [9.17, 15) is 4.79 Å². The van der Waals surface area contributed by atoms with Crippen LogP contribution in [0.1, 0.15) is 0 Å². The summed E-state index contributed by atoms with van der Waals surface area (Å²) in [5.74, 6) is 0.365. The molecule has 0 radical (unpaired) electrons. The number of carbonyl (C=O) groups is 1. The van der Waals surface area contributed by atoms with Gasteiger partial charge in [-0.3, -0.25) is 15.6 Å². The Kier molecular flexibility index (Phi) is 3.42. The fraction of sp³-hybridized carbons (Fsp3) is 0. The maximum atomic E-state index is 11.9. The molecule has 0 fully saturated rings. The fourth-order valence-corrected chi connectivity index (χ4v) is 2.50. The van der Waals surface area contributed by atoms with E-state index in [2.05, 4.69) is 25.3 Å². The van der Waals surface area contributed by atoms with Crippen molar-refractivity contribution >= 4 is 28.2 Å². The standard InChI is InChI=1S/C13H10N4O2S/c18-13(15-11-3-7-19-17-11)16-12-10(4-8-20-12)9-1-5-14-6-2-9/h1-8H,(H2,15,16,17,18). The molecule has 0 bridgehead atoms. The molecule has 0 aliphatic carbocycles. The molecule has 0 aliphatic rings.